The third kappa shape index (κ3) is 5.30. The maximum Gasteiger partial charge on any atom is 0.255 e. The zero-order valence-electron chi connectivity index (χ0n) is 15.4. The molecule has 0 bridgehead atoms. The van der Waals surface area contributed by atoms with Gasteiger partial charge in [-0.15, -0.1) is 0 Å². The number of anilines is 1. The van der Waals surface area contributed by atoms with Crippen LogP contribution in [0.4, 0.5) is 5.69 Å². The summed E-state index contributed by atoms with van der Waals surface area (Å²) in [5.74, 6) is -0.0858. The smallest absolute Gasteiger partial charge is 0.255 e. The van der Waals surface area contributed by atoms with Gasteiger partial charge in [0.05, 0.1) is 31.2 Å². The number of rotatable bonds is 8. The van der Waals surface area contributed by atoms with Crippen LogP contribution in [0.3, 0.4) is 0 Å². The van der Waals surface area contributed by atoms with Gasteiger partial charge in [0.15, 0.2) is 5.78 Å². The summed E-state index contributed by atoms with van der Waals surface area (Å²) in [6, 6.07) is 13.1. The number of nitrogens with zero attached hydrogens (tertiary/aromatic N) is 1. The van der Waals surface area contributed by atoms with Crippen molar-refractivity contribution in [2.24, 2.45) is 0 Å². The average Bonchev–Trinajstić information content (AvgIpc) is 2.64. The predicted molar refractivity (Wildman–Crippen MR) is 104 cm³/mol. The zero-order chi connectivity index (χ0) is 20.0. The SMILES string of the molecule is COc1ccccc1C(=O)NCCN(c1cccc(C(C)=O)c1)S(C)(=O)=O. The number of Topliss-reactive ketones (excluding diaryl/α,β-unsaturated/α-hetero) is 1. The second kappa shape index (κ2) is 8.68. The molecule has 1 amide bonds. The van der Waals surface area contributed by atoms with Gasteiger partial charge in [-0.25, -0.2) is 8.42 Å². The van der Waals surface area contributed by atoms with Gasteiger partial charge in [0.2, 0.25) is 10.0 Å². The van der Waals surface area contributed by atoms with Gasteiger partial charge in [0, 0.05) is 12.1 Å². The normalized spacial score (nSPS) is 10.9. The van der Waals surface area contributed by atoms with Crippen LogP contribution in [0, 0.1) is 0 Å². The highest BCUT2D eigenvalue weighted by Gasteiger charge is 2.19. The number of nitrogens with one attached hydrogen (secondary N) is 1. The van der Waals surface area contributed by atoms with Crippen LogP contribution in [-0.2, 0) is 10.0 Å². The van der Waals surface area contributed by atoms with E-state index in [1.165, 1.54) is 20.1 Å². The van der Waals surface area contributed by atoms with E-state index in [4.69, 9.17) is 4.74 Å². The minimum atomic E-state index is -3.59. The molecule has 0 radical (unpaired) electrons. The molecule has 0 aliphatic carbocycles. The average molecular weight is 390 g/mol. The summed E-state index contributed by atoms with van der Waals surface area (Å²) in [5.41, 5.74) is 1.15. The van der Waals surface area contributed by atoms with Crippen molar-refractivity contribution in [3.63, 3.8) is 0 Å². The highest BCUT2D eigenvalue weighted by molar-refractivity contribution is 7.92. The third-order valence-electron chi connectivity index (χ3n) is 3.89. The number of methoxy groups -OCH3 is 1. The summed E-state index contributed by atoms with van der Waals surface area (Å²) in [7, 11) is -2.12. The fourth-order valence-corrected chi connectivity index (χ4v) is 3.48. The topological polar surface area (TPSA) is 92.8 Å². The van der Waals surface area contributed by atoms with Crippen LogP contribution in [0.1, 0.15) is 27.6 Å². The lowest BCUT2D eigenvalue weighted by atomic mass is 10.1. The van der Waals surface area contributed by atoms with Gasteiger partial charge in [0.25, 0.3) is 5.91 Å². The molecule has 2 aromatic rings. The zero-order valence-corrected chi connectivity index (χ0v) is 16.2. The lowest BCUT2D eigenvalue weighted by molar-refractivity contribution is 0.0951. The molecule has 0 fully saturated rings. The Morgan fingerprint density at radius 3 is 2.44 bits per heavy atom. The van der Waals surface area contributed by atoms with Gasteiger partial charge in [-0.3, -0.25) is 13.9 Å². The molecule has 0 saturated heterocycles. The van der Waals surface area contributed by atoms with Crippen molar-refractivity contribution in [1.29, 1.82) is 0 Å². The first-order chi connectivity index (χ1) is 12.7. The summed E-state index contributed by atoms with van der Waals surface area (Å²) in [6.07, 6.45) is 1.08. The van der Waals surface area contributed by atoms with Gasteiger partial charge in [-0.2, -0.15) is 0 Å². The lowest BCUT2D eigenvalue weighted by Gasteiger charge is -2.23. The Bertz CT molecular complexity index is 941. The number of ether oxygens (including phenoxy) is 1. The van der Waals surface area contributed by atoms with E-state index in [1.807, 2.05) is 0 Å². The van der Waals surface area contributed by atoms with Crippen LogP contribution >= 0.6 is 0 Å². The molecule has 2 aromatic carbocycles. The molecule has 0 unspecified atom stereocenters. The summed E-state index contributed by atoms with van der Waals surface area (Å²) in [5, 5.41) is 2.69. The first kappa shape index (κ1) is 20.4. The molecule has 1 N–H and O–H groups in total. The molecule has 0 saturated carbocycles. The number of sulfonamides is 1. The quantitative estimate of drug-likeness (QED) is 0.697. The number of ketones is 1. The molecule has 27 heavy (non-hydrogen) atoms. The Balaban J connectivity index is 2.13. The molecule has 0 atom stereocenters. The minimum absolute atomic E-state index is 0.0288. The number of hydrogen-bond donors (Lipinski definition) is 1. The molecule has 8 heteroatoms. The second-order valence-electron chi connectivity index (χ2n) is 5.90. The van der Waals surface area contributed by atoms with Gasteiger partial charge in [-0.1, -0.05) is 24.3 Å². The van der Waals surface area contributed by atoms with E-state index >= 15 is 0 Å². The van der Waals surface area contributed by atoms with E-state index in [1.54, 1.807) is 42.5 Å². The summed E-state index contributed by atoms with van der Waals surface area (Å²) >= 11 is 0. The monoisotopic (exact) mass is 390 g/mol. The first-order valence-corrected chi connectivity index (χ1v) is 10.1. The van der Waals surface area contributed by atoms with E-state index in [2.05, 4.69) is 5.32 Å². The van der Waals surface area contributed by atoms with Gasteiger partial charge >= 0.3 is 0 Å². The van der Waals surface area contributed by atoms with E-state index in [9.17, 15) is 18.0 Å². The molecular weight excluding hydrogens is 368 g/mol. The Morgan fingerprint density at radius 2 is 1.81 bits per heavy atom. The van der Waals surface area contributed by atoms with Crippen molar-refractivity contribution < 1.29 is 22.7 Å². The predicted octanol–water partition coefficient (Wildman–Crippen LogP) is 2.09. The highest BCUT2D eigenvalue weighted by atomic mass is 32.2. The van der Waals surface area contributed by atoms with E-state index in [0.717, 1.165) is 10.6 Å². The molecule has 0 spiro atoms. The van der Waals surface area contributed by atoms with Crippen molar-refractivity contribution in [3.8, 4) is 5.75 Å². The van der Waals surface area contributed by atoms with Gasteiger partial charge in [-0.05, 0) is 31.2 Å². The molecular formula is C19H22N2O5S. The number of carbonyl (C=O) groups excluding carboxylic acids is 2. The van der Waals surface area contributed by atoms with Crippen LogP contribution < -0.4 is 14.4 Å². The van der Waals surface area contributed by atoms with Gasteiger partial charge < -0.3 is 10.1 Å². The van der Waals surface area contributed by atoms with Crippen LogP contribution in [0.5, 0.6) is 5.75 Å². The molecule has 0 aliphatic heterocycles. The van der Waals surface area contributed by atoms with Gasteiger partial charge in [0.1, 0.15) is 5.75 Å². The van der Waals surface area contributed by atoms with E-state index in [-0.39, 0.29) is 24.8 Å². The Kier molecular flexibility index (Phi) is 6.57. The fraction of sp³-hybridized carbons (Fsp3) is 0.263. The summed E-state index contributed by atoms with van der Waals surface area (Å²) in [4.78, 5) is 23.9. The molecule has 2 rings (SSSR count). The fourth-order valence-electron chi connectivity index (χ4n) is 2.56. The number of para-hydroxylation sites is 1. The number of amides is 1. The number of carbonyl (C=O) groups is 2. The largest absolute Gasteiger partial charge is 0.496 e. The number of hydrogen-bond acceptors (Lipinski definition) is 5. The number of benzene rings is 2. The minimum Gasteiger partial charge on any atom is -0.496 e. The van der Waals surface area contributed by atoms with E-state index in [0.29, 0.717) is 22.6 Å². The summed E-state index contributed by atoms with van der Waals surface area (Å²) in [6.45, 7) is 1.53. The molecule has 0 aliphatic rings. The Hall–Kier alpha value is -2.87. The molecule has 144 valence electrons. The second-order valence-corrected chi connectivity index (χ2v) is 7.80. The molecule has 7 nitrogen and oxygen atoms in total. The molecule has 0 heterocycles. The van der Waals surface area contributed by atoms with Crippen molar-refractivity contribution in [2.75, 3.05) is 30.8 Å². The maximum absolute atomic E-state index is 12.3. The van der Waals surface area contributed by atoms with Crippen molar-refractivity contribution in [3.05, 3.63) is 59.7 Å². The van der Waals surface area contributed by atoms with Crippen molar-refractivity contribution in [2.45, 2.75) is 6.92 Å². The standard InChI is InChI=1S/C19H22N2O5S/c1-14(22)15-7-6-8-16(13-15)21(27(3,24)25)12-11-20-19(23)17-9-4-5-10-18(17)26-2/h4-10,13H,11-12H2,1-3H3,(H,20,23). The lowest BCUT2D eigenvalue weighted by Crippen LogP contribution is -2.38. The van der Waals surface area contributed by atoms with Crippen LogP contribution in [0.25, 0.3) is 0 Å². The molecule has 0 aromatic heterocycles. The first-order valence-electron chi connectivity index (χ1n) is 8.24. The summed E-state index contributed by atoms with van der Waals surface area (Å²) < 4.78 is 30.6. The van der Waals surface area contributed by atoms with Crippen molar-refractivity contribution >= 4 is 27.4 Å². The van der Waals surface area contributed by atoms with E-state index < -0.39 is 10.0 Å². The third-order valence-corrected chi connectivity index (χ3v) is 5.09. The Labute approximate surface area is 159 Å². The van der Waals surface area contributed by atoms with Crippen LogP contribution in [0.2, 0.25) is 0 Å². The van der Waals surface area contributed by atoms with Crippen LogP contribution in [-0.4, -0.2) is 46.6 Å². The Morgan fingerprint density at radius 1 is 1.11 bits per heavy atom. The highest BCUT2D eigenvalue weighted by Crippen LogP contribution is 2.20. The maximum atomic E-state index is 12.3. The van der Waals surface area contributed by atoms with Crippen molar-refractivity contribution in [1.82, 2.24) is 5.32 Å². The van der Waals surface area contributed by atoms with Crippen LogP contribution in [0.15, 0.2) is 48.5 Å².